The first kappa shape index (κ1) is 23.3. The summed E-state index contributed by atoms with van der Waals surface area (Å²) in [6, 6.07) is 2.91. The Morgan fingerprint density at radius 2 is 2.00 bits per heavy atom. The molecule has 3 N–H and O–H groups in total. The van der Waals surface area contributed by atoms with E-state index in [1.807, 2.05) is 0 Å². The van der Waals surface area contributed by atoms with Crippen molar-refractivity contribution in [2.45, 2.75) is 37.8 Å². The van der Waals surface area contributed by atoms with E-state index in [0.29, 0.717) is 26.2 Å². The van der Waals surface area contributed by atoms with Gasteiger partial charge in [-0.2, -0.15) is 13.2 Å². The lowest BCUT2D eigenvalue weighted by Gasteiger charge is -2.26. The van der Waals surface area contributed by atoms with Gasteiger partial charge in [-0.05, 0) is 31.2 Å². The predicted molar refractivity (Wildman–Crippen MR) is 106 cm³/mol. The van der Waals surface area contributed by atoms with E-state index in [2.05, 4.69) is 15.5 Å². The number of hydrogen-bond donors (Lipinski definition) is 3. The van der Waals surface area contributed by atoms with E-state index in [1.54, 1.807) is 11.8 Å². The zero-order chi connectivity index (χ0) is 22.6. The SMILES string of the molecule is CC(=O)N1CCCN(CC2OCC(NC(=O)Nc3cccc(C(F)(F)F)c3)C2O)CC1. The van der Waals surface area contributed by atoms with Gasteiger partial charge in [0.2, 0.25) is 5.91 Å². The normalized spacial score (nSPS) is 25.2. The van der Waals surface area contributed by atoms with E-state index in [0.717, 1.165) is 25.1 Å². The molecule has 3 rings (SSSR count). The number of aliphatic hydroxyl groups is 1. The van der Waals surface area contributed by atoms with Crippen LogP contribution in [0.15, 0.2) is 24.3 Å². The minimum absolute atomic E-state index is 0.00290. The Morgan fingerprint density at radius 1 is 1.23 bits per heavy atom. The topological polar surface area (TPSA) is 94.1 Å². The second kappa shape index (κ2) is 9.84. The predicted octanol–water partition coefficient (Wildman–Crippen LogP) is 1.51. The lowest BCUT2D eigenvalue weighted by atomic mass is 10.1. The first-order valence-corrected chi connectivity index (χ1v) is 10.2. The number of benzene rings is 1. The number of aliphatic hydroxyl groups excluding tert-OH is 1. The fourth-order valence-corrected chi connectivity index (χ4v) is 3.80. The van der Waals surface area contributed by atoms with Gasteiger partial charge < -0.3 is 25.4 Å². The molecular weight excluding hydrogens is 417 g/mol. The zero-order valence-electron chi connectivity index (χ0n) is 17.2. The molecule has 1 aromatic carbocycles. The number of halogens is 3. The van der Waals surface area contributed by atoms with Crippen LogP contribution in [-0.2, 0) is 15.7 Å². The van der Waals surface area contributed by atoms with Crippen LogP contribution < -0.4 is 10.6 Å². The number of carbonyl (C=O) groups is 2. The lowest BCUT2D eigenvalue weighted by molar-refractivity contribution is -0.137. The Bertz CT molecular complexity index is 792. The largest absolute Gasteiger partial charge is 0.416 e. The first-order valence-electron chi connectivity index (χ1n) is 10.2. The molecule has 2 fully saturated rings. The lowest BCUT2D eigenvalue weighted by Crippen LogP contribution is -2.48. The van der Waals surface area contributed by atoms with E-state index < -0.39 is 36.0 Å². The van der Waals surface area contributed by atoms with Crippen LogP contribution in [-0.4, -0.2) is 84.4 Å². The molecule has 172 valence electrons. The van der Waals surface area contributed by atoms with Crippen LogP contribution in [0.1, 0.15) is 18.9 Å². The van der Waals surface area contributed by atoms with Crippen molar-refractivity contribution in [3.63, 3.8) is 0 Å². The Balaban J connectivity index is 1.49. The minimum Gasteiger partial charge on any atom is -0.388 e. The summed E-state index contributed by atoms with van der Waals surface area (Å²) >= 11 is 0. The molecule has 3 amide bonds. The molecule has 11 heteroatoms. The van der Waals surface area contributed by atoms with E-state index in [1.165, 1.54) is 12.1 Å². The van der Waals surface area contributed by atoms with Gasteiger partial charge >= 0.3 is 12.2 Å². The third-order valence-electron chi connectivity index (χ3n) is 5.52. The van der Waals surface area contributed by atoms with E-state index in [-0.39, 0.29) is 18.2 Å². The maximum Gasteiger partial charge on any atom is 0.416 e. The monoisotopic (exact) mass is 444 g/mol. The fourth-order valence-electron chi connectivity index (χ4n) is 3.80. The van der Waals surface area contributed by atoms with E-state index in [4.69, 9.17) is 4.74 Å². The number of ether oxygens (including phenoxy) is 1. The number of anilines is 1. The molecule has 0 aliphatic carbocycles. The van der Waals surface area contributed by atoms with Gasteiger partial charge in [-0.25, -0.2) is 4.79 Å². The smallest absolute Gasteiger partial charge is 0.388 e. The average Bonchev–Trinajstić information content (AvgIpc) is 2.90. The summed E-state index contributed by atoms with van der Waals surface area (Å²) in [6.45, 7) is 4.83. The highest BCUT2D eigenvalue weighted by Gasteiger charge is 2.38. The highest BCUT2D eigenvalue weighted by Crippen LogP contribution is 2.30. The van der Waals surface area contributed by atoms with Gasteiger partial charge in [-0.1, -0.05) is 6.07 Å². The van der Waals surface area contributed by atoms with Crippen LogP contribution in [0.3, 0.4) is 0 Å². The molecule has 2 aliphatic heterocycles. The molecule has 3 atom stereocenters. The number of nitrogens with one attached hydrogen (secondary N) is 2. The van der Waals surface area contributed by atoms with Gasteiger partial charge in [0.1, 0.15) is 6.10 Å². The third kappa shape index (κ3) is 6.31. The molecular formula is C20H27F3N4O4. The second-order valence-corrected chi connectivity index (χ2v) is 7.81. The standard InChI is InChI=1S/C20H27F3N4O4/c1-13(28)27-7-3-6-26(8-9-27)11-17-18(29)16(12-31-17)25-19(30)24-15-5-2-4-14(10-15)20(21,22)23/h2,4-5,10,16-18,29H,3,6-9,11-12H2,1H3,(H2,24,25,30). The summed E-state index contributed by atoms with van der Waals surface area (Å²) in [6.07, 6.45) is -5.16. The summed E-state index contributed by atoms with van der Waals surface area (Å²) in [5, 5.41) is 15.5. The molecule has 1 aromatic rings. The van der Waals surface area contributed by atoms with Crippen LogP contribution in [0.25, 0.3) is 0 Å². The van der Waals surface area contributed by atoms with E-state index >= 15 is 0 Å². The average molecular weight is 444 g/mol. The molecule has 0 saturated carbocycles. The van der Waals surface area contributed by atoms with Crippen molar-refractivity contribution >= 4 is 17.6 Å². The molecule has 0 radical (unpaired) electrons. The zero-order valence-corrected chi connectivity index (χ0v) is 17.2. The second-order valence-electron chi connectivity index (χ2n) is 7.81. The Labute approximate surface area is 178 Å². The third-order valence-corrected chi connectivity index (χ3v) is 5.52. The minimum atomic E-state index is -4.51. The molecule has 2 saturated heterocycles. The van der Waals surface area contributed by atoms with Crippen LogP contribution >= 0.6 is 0 Å². The highest BCUT2D eigenvalue weighted by molar-refractivity contribution is 5.89. The molecule has 3 unspecified atom stereocenters. The van der Waals surface area contributed by atoms with Crippen molar-refractivity contribution in [1.29, 1.82) is 0 Å². The fraction of sp³-hybridized carbons (Fsp3) is 0.600. The molecule has 0 aromatic heterocycles. The number of carbonyl (C=O) groups excluding carboxylic acids is 2. The number of alkyl halides is 3. The summed E-state index contributed by atoms with van der Waals surface area (Å²) in [5.41, 5.74) is -0.868. The first-order chi connectivity index (χ1) is 14.6. The number of rotatable bonds is 4. The maximum absolute atomic E-state index is 12.8. The van der Waals surface area contributed by atoms with Crippen molar-refractivity contribution in [3.8, 4) is 0 Å². The van der Waals surface area contributed by atoms with Crippen LogP contribution in [0.5, 0.6) is 0 Å². The molecule has 31 heavy (non-hydrogen) atoms. The number of nitrogens with zero attached hydrogens (tertiary/aromatic N) is 2. The molecule has 8 nitrogen and oxygen atoms in total. The van der Waals surface area contributed by atoms with Crippen molar-refractivity contribution in [2.75, 3.05) is 44.6 Å². The van der Waals surface area contributed by atoms with Gasteiger partial charge in [-0.15, -0.1) is 0 Å². The van der Waals surface area contributed by atoms with Gasteiger partial charge in [-0.3, -0.25) is 9.69 Å². The summed E-state index contributed by atoms with van der Waals surface area (Å²) in [7, 11) is 0. The van der Waals surface area contributed by atoms with Crippen LogP contribution in [0.4, 0.5) is 23.7 Å². The van der Waals surface area contributed by atoms with Gasteiger partial charge in [0.05, 0.1) is 24.3 Å². The number of hydrogen-bond acceptors (Lipinski definition) is 5. The Kier molecular flexibility index (Phi) is 7.39. The van der Waals surface area contributed by atoms with Gasteiger partial charge in [0, 0.05) is 38.8 Å². The maximum atomic E-state index is 12.8. The van der Waals surface area contributed by atoms with E-state index in [9.17, 15) is 27.9 Å². The Morgan fingerprint density at radius 3 is 2.71 bits per heavy atom. The van der Waals surface area contributed by atoms with Crippen molar-refractivity contribution in [1.82, 2.24) is 15.1 Å². The molecule has 2 heterocycles. The quantitative estimate of drug-likeness (QED) is 0.655. The van der Waals surface area contributed by atoms with Crippen molar-refractivity contribution in [2.24, 2.45) is 0 Å². The number of urea groups is 1. The summed E-state index contributed by atoms with van der Waals surface area (Å²) < 4.78 is 44.1. The van der Waals surface area contributed by atoms with Gasteiger partial charge in [0.15, 0.2) is 0 Å². The molecule has 0 bridgehead atoms. The van der Waals surface area contributed by atoms with Crippen LogP contribution in [0, 0.1) is 0 Å². The molecule has 2 aliphatic rings. The summed E-state index contributed by atoms with van der Waals surface area (Å²) in [4.78, 5) is 27.6. The van der Waals surface area contributed by atoms with Gasteiger partial charge in [0.25, 0.3) is 0 Å². The van der Waals surface area contributed by atoms with Crippen molar-refractivity contribution in [3.05, 3.63) is 29.8 Å². The molecule has 0 spiro atoms. The van der Waals surface area contributed by atoms with Crippen LogP contribution in [0.2, 0.25) is 0 Å². The Hall–Kier alpha value is -2.37. The summed E-state index contributed by atoms with van der Waals surface area (Å²) in [5.74, 6) is 0.0371. The van der Waals surface area contributed by atoms with Crippen molar-refractivity contribution < 1.29 is 32.6 Å². The number of amides is 3. The highest BCUT2D eigenvalue weighted by atomic mass is 19.4.